The minimum atomic E-state index is -1.28. The van der Waals surface area contributed by atoms with Crippen LogP contribution in [-0.4, -0.2) is 64.8 Å². The molecule has 0 heterocycles. The average molecular weight is 517 g/mol. The molecule has 0 saturated carbocycles. The average Bonchev–Trinajstić information content (AvgIpc) is 2.60. The molecule has 0 rings (SSSR count). The van der Waals surface area contributed by atoms with E-state index < -0.39 is 37.2 Å². The van der Waals surface area contributed by atoms with Crippen molar-refractivity contribution in [3.8, 4) is 0 Å². The van der Waals surface area contributed by atoms with Gasteiger partial charge in [0.1, 0.15) is 17.3 Å². The number of carbonyl (C=O) groups is 6. The van der Waals surface area contributed by atoms with Gasteiger partial charge in [-0.1, -0.05) is 20.8 Å². The molecule has 35 heavy (non-hydrogen) atoms. The SMILES string of the molecule is CC(C)OC(C)C.CCCC(=O)CC(=O)[O-].CCCC(=O)CC(=O)[O-].CCCC(=O)CC(=O)[O-].[Al+3]. The second kappa shape index (κ2) is 29.9. The second-order valence-corrected chi connectivity index (χ2v) is 7.75. The predicted molar refractivity (Wildman–Crippen MR) is 126 cm³/mol. The quantitative estimate of drug-likeness (QED) is 0.224. The van der Waals surface area contributed by atoms with Crippen molar-refractivity contribution in [1.29, 1.82) is 0 Å². The monoisotopic (exact) mass is 516 g/mol. The first-order valence-corrected chi connectivity index (χ1v) is 11.4. The van der Waals surface area contributed by atoms with Crippen LogP contribution in [0.15, 0.2) is 0 Å². The van der Waals surface area contributed by atoms with Crippen LogP contribution in [0.5, 0.6) is 0 Å². The van der Waals surface area contributed by atoms with Crippen molar-refractivity contribution in [2.75, 3.05) is 0 Å². The third-order valence-corrected chi connectivity index (χ3v) is 3.16. The fraction of sp³-hybridized carbons (Fsp3) is 0.750. The van der Waals surface area contributed by atoms with Crippen molar-refractivity contribution >= 4 is 52.6 Å². The number of aliphatic carboxylic acids is 3. The van der Waals surface area contributed by atoms with Crippen LogP contribution in [0.2, 0.25) is 0 Å². The Kier molecular flexibility index (Phi) is 36.8. The zero-order chi connectivity index (χ0) is 27.7. The number of carboxylic acids is 3. The molecule has 0 fully saturated rings. The van der Waals surface area contributed by atoms with Crippen molar-refractivity contribution in [3.63, 3.8) is 0 Å². The van der Waals surface area contributed by atoms with Gasteiger partial charge in [0, 0.05) is 56.4 Å². The first kappa shape index (κ1) is 43.0. The summed E-state index contributed by atoms with van der Waals surface area (Å²) in [6, 6.07) is 0. The molecule has 0 unspecified atom stereocenters. The fourth-order valence-corrected chi connectivity index (χ4v) is 2.13. The summed E-state index contributed by atoms with van der Waals surface area (Å²) >= 11 is 0. The van der Waals surface area contributed by atoms with Crippen LogP contribution >= 0.6 is 0 Å². The number of hydrogen-bond donors (Lipinski definition) is 0. The van der Waals surface area contributed by atoms with Crippen LogP contribution < -0.4 is 15.3 Å². The molecule has 200 valence electrons. The van der Waals surface area contributed by atoms with E-state index in [1.807, 2.05) is 48.5 Å². The minimum absolute atomic E-state index is 0. The maximum Gasteiger partial charge on any atom is 3.00 e. The molecular formula is C24H41AlO10. The van der Waals surface area contributed by atoms with E-state index in [0.29, 0.717) is 50.7 Å². The van der Waals surface area contributed by atoms with E-state index in [1.165, 1.54) is 0 Å². The molecule has 0 atom stereocenters. The number of ketones is 3. The Morgan fingerprint density at radius 1 is 0.543 bits per heavy atom. The van der Waals surface area contributed by atoms with Crippen molar-refractivity contribution in [2.24, 2.45) is 0 Å². The standard InChI is InChI=1S/3C6H10O3.C6H14O.Al/c3*1-2-3-5(7)4-6(8)9;1-5(2)7-6(3)4;/h3*2-4H2,1H3,(H,8,9);5-6H,1-4H3;/q;;;;+3/p-3. The topological polar surface area (TPSA) is 181 Å². The molecule has 0 saturated heterocycles. The van der Waals surface area contributed by atoms with E-state index in [9.17, 15) is 44.1 Å². The van der Waals surface area contributed by atoms with Gasteiger partial charge in [0.2, 0.25) is 0 Å². The molecule has 0 amide bonds. The van der Waals surface area contributed by atoms with E-state index in [-0.39, 0.29) is 34.7 Å². The van der Waals surface area contributed by atoms with E-state index >= 15 is 0 Å². The number of rotatable bonds is 14. The van der Waals surface area contributed by atoms with Gasteiger partial charge < -0.3 is 34.4 Å². The molecule has 0 spiro atoms. The van der Waals surface area contributed by atoms with Crippen LogP contribution in [0.25, 0.3) is 0 Å². The normalized spacial score (nSPS) is 9.17. The van der Waals surface area contributed by atoms with Gasteiger partial charge in [0.05, 0.1) is 12.2 Å². The fourth-order valence-electron chi connectivity index (χ4n) is 2.13. The van der Waals surface area contributed by atoms with Crippen LogP contribution in [0.3, 0.4) is 0 Å². The summed E-state index contributed by atoms with van der Waals surface area (Å²) in [5, 5.41) is 29.3. The molecule has 10 nitrogen and oxygen atoms in total. The Morgan fingerprint density at radius 3 is 0.829 bits per heavy atom. The van der Waals surface area contributed by atoms with E-state index in [0.717, 1.165) is 0 Å². The number of Topliss-reactive ketones (excluding diaryl/α,β-unsaturated/α-hetero) is 3. The molecule has 0 aromatic carbocycles. The van der Waals surface area contributed by atoms with Crippen LogP contribution in [0.4, 0.5) is 0 Å². The summed E-state index contributed by atoms with van der Waals surface area (Å²) in [5.41, 5.74) is 0. The molecule has 11 heteroatoms. The van der Waals surface area contributed by atoms with Gasteiger partial charge in [0.15, 0.2) is 0 Å². The first-order valence-electron chi connectivity index (χ1n) is 11.4. The van der Waals surface area contributed by atoms with E-state index in [1.54, 1.807) is 0 Å². The molecule has 0 aliphatic heterocycles. The Balaban J connectivity index is -0.000000114. The van der Waals surface area contributed by atoms with Gasteiger partial charge in [-0.05, 0) is 47.0 Å². The largest absolute Gasteiger partial charge is 3.00 e. The summed E-state index contributed by atoms with van der Waals surface area (Å²) in [6.45, 7) is 13.6. The van der Waals surface area contributed by atoms with E-state index in [4.69, 9.17) is 4.74 Å². The van der Waals surface area contributed by atoms with Gasteiger partial charge in [0.25, 0.3) is 0 Å². The molecule has 0 aliphatic rings. The van der Waals surface area contributed by atoms with Crippen LogP contribution in [-0.2, 0) is 33.5 Å². The molecule has 0 aromatic rings. The molecular weight excluding hydrogens is 475 g/mol. The Labute approximate surface area is 219 Å². The van der Waals surface area contributed by atoms with Gasteiger partial charge in [-0.25, -0.2) is 0 Å². The third-order valence-electron chi connectivity index (χ3n) is 3.16. The molecule has 0 aromatic heterocycles. The maximum absolute atomic E-state index is 10.4. The number of carboxylic acid groups (broad SMARTS) is 3. The first-order chi connectivity index (χ1) is 15.6. The minimum Gasteiger partial charge on any atom is -0.550 e. The van der Waals surface area contributed by atoms with Gasteiger partial charge >= 0.3 is 17.4 Å². The van der Waals surface area contributed by atoms with Crippen molar-refractivity contribution < 1.29 is 48.8 Å². The smallest absolute Gasteiger partial charge is 0.550 e. The summed E-state index contributed by atoms with van der Waals surface area (Å²) in [5.74, 6) is -4.61. The summed E-state index contributed by atoms with van der Waals surface area (Å²) in [7, 11) is 0. The Morgan fingerprint density at radius 2 is 0.743 bits per heavy atom. The van der Waals surface area contributed by atoms with Crippen LogP contribution in [0, 0.1) is 0 Å². The van der Waals surface area contributed by atoms with Crippen molar-refractivity contribution in [2.45, 2.75) is 118 Å². The van der Waals surface area contributed by atoms with Gasteiger partial charge in [-0.3, -0.25) is 14.4 Å². The van der Waals surface area contributed by atoms with Crippen molar-refractivity contribution in [3.05, 3.63) is 0 Å². The third kappa shape index (κ3) is 54.4. The summed E-state index contributed by atoms with van der Waals surface area (Å²) < 4.78 is 5.25. The Bertz CT molecular complexity index is 524. The van der Waals surface area contributed by atoms with Crippen molar-refractivity contribution in [1.82, 2.24) is 0 Å². The number of carbonyl (C=O) groups excluding carboxylic acids is 6. The van der Waals surface area contributed by atoms with Crippen LogP contribution in [0.1, 0.15) is 106 Å². The van der Waals surface area contributed by atoms with Gasteiger partial charge in [-0.2, -0.15) is 0 Å². The maximum atomic E-state index is 10.4. The molecule has 0 radical (unpaired) electrons. The number of ether oxygens (including phenoxy) is 1. The predicted octanol–water partition coefficient (Wildman–Crippen LogP) is -0.0742. The zero-order valence-electron chi connectivity index (χ0n) is 22.2. The summed E-state index contributed by atoms with van der Waals surface area (Å²) in [4.78, 5) is 60.6. The zero-order valence-corrected chi connectivity index (χ0v) is 23.3. The molecule has 0 N–H and O–H groups in total. The number of hydrogen-bond acceptors (Lipinski definition) is 10. The van der Waals surface area contributed by atoms with Gasteiger partial charge in [-0.15, -0.1) is 0 Å². The van der Waals surface area contributed by atoms with E-state index in [2.05, 4.69) is 0 Å². The molecule has 0 aliphatic carbocycles. The second-order valence-electron chi connectivity index (χ2n) is 7.75. The Hall–Kier alpha value is -2.09. The summed E-state index contributed by atoms with van der Waals surface area (Å²) in [6.07, 6.45) is 2.57. The molecule has 0 bridgehead atoms.